The van der Waals surface area contributed by atoms with Gasteiger partial charge in [-0.1, -0.05) is 25.4 Å². The van der Waals surface area contributed by atoms with Crippen LogP contribution in [0, 0.1) is 12.8 Å². The molecule has 0 aliphatic heterocycles. The monoisotopic (exact) mass is 422 g/mol. The fraction of sp³-hybridized carbons (Fsp3) is 0.385. The Morgan fingerprint density at radius 1 is 1.32 bits per heavy atom. The largest absolute Gasteiger partial charge is 0.231 e. The van der Waals surface area contributed by atoms with Gasteiger partial charge in [-0.3, -0.25) is 0 Å². The Kier molecular flexibility index (Phi) is 5.04. The average Bonchev–Trinajstić information content (AvgIpc) is 2.65. The van der Waals surface area contributed by atoms with Gasteiger partial charge >= 0.3 is 0 Å². The van der Waals surface area contributed by atoms with Gasteiger partial charge in [0.05, 0.1) is 15.0 Å². The van der Waals surface area contributed by atoms with Crippen molar-refractivity contribution in [1.29, 1.82) is 0 Å². The quantitative estimate of drug-likeness (QED) is 0.574. The lowest BCUT2D eigenvalue weighted by Crippen LogP contribution is -2.02. The Morgan fingerprint density at radius 3 is 2.53 bits per heavy atom. The standard InChI is InChI=1S/C13H13Br2ClN2S/c1-6(2)4-9-11(15)12(16)18-13(17-9)10-5-8(14)7(3)19-10/h5-6H,4H2,1-3H3. The number of thiophene rings is 1. The zero-order valence-electron chi connectivity index (χ0n) is 10.8. The summed E-state index contributed by atoms with van der Waals surface area (Å²) in [5.74, 6) is 1.22. The summed E-state index contributed by atoms with van der Waals surface area (Å²) < 4.78 is 1.89. The van der Waals surface area contributed by atoms with E-state index in [0.717, 1.165) is 25.9 Å². The molecule has 6 heteroatoms. The predicted molar refractivity (Wildman–Crippen MR) is 89.0 cm³/mol. The predicted octanol–water partition coefficient (Wildman–Crippen LogP) is 5.89. The van der Waals surface area contributed by atoms with Crippen molar-refractivity contribution in [3.05, 3.63) is 30.7 Å². The molecular formula is C13H13Br2ClN2S. The molecule has 0 radical (unpaired) electrons. The van der Waals surface area contributed by atoms with E-state index in [1.54, 1.807) is 11.3 Å². The zero-order chi connectivity index (χ0) is 14.2. The summed E-state index contributed by atoms with van der Waals surface area (Å²) >= 11 is 14.8. The molecular weight excluding hydrogens is 411 g/mol. The minimum absolute atomic E-state index is 0.475. The summed E-state index contributed by atoms with van der Waals surface area (Å²) in [7, 11) is 0. The van der Waals surface area contributed by atoms with E-state index in [1.807, 2.05) is 6.07 Å². The highest BCUT2D eigenvalue weighted by atomic mass is 79.9. The molecule has 2 nitrogen and oxygen atoms in total. The van der Waals surface area contributed by atoms with Crippen molar-refractivity contribution in [3.63, 3.8) is 0 Å². The molecule has 0 spiro atoms. The van der Waals surface area contributed by atoms with E-state index in [2.05, 4.69) is 62.6 Å². The summed E-state index contributed by atoms with van der Waals surface area (Å²) in [4.78, 5) is 11.2. The first-order valence-electron chi connectivity index (χ1n) is 5.86. The maximum Gasteiger partial charge on any atom is 0.171 e. The van der Waals surface area contributed by atoms with Crippen LogP contribution in [0.5, 0.6) is 0 Å². The molecule has 0 amide bonds. The second-order valence-electron chi connectivity index (χ2n) is 4.71. The molecule has 0 saturated heterocycles. The lowest BCUT2D eigenvalue weighted by molar-refractivity contribution is 0.632. The smallest absolute Gasteiger partial charge is 0.171 e. The fourth-order valence-electron chi connectivity index (χ4n) is 1.67. The van der Waals surface area contributed by atoms with Crippen LogP contribution in [-0.2, 0) is 6.42 Å². The van der Waals surface area contributed by atoms with Crippen LogP contribution in [0.1, 0.15) is 24.4 Å². The Hall–Kier alpha value is 0.0300. The van der Waals surface area contributed by atoms with Crippen molar-refractivity contribution >= 4 is 54.8 Å². The molecule has 19 heavy (non-hydrogen) atoms. The third-order valence-corrected chi connectivity index (χ3v) is 6.03. The summed E-state index contributed by atoms with van der Waals surface area (Å²) in [5, 5.41) is 0.475. The Morgan fingerprint density at radius 2 is 2.00 bits per heavy atom. The van der Waals surface area contributed by atoms with Crippen molar-refractivity contribution in [1.82, 2.24) is 9.97 Å². The molecule has 0 aliphatic carbocycles. The minimum Gasteiger partial charge on any atom is -0.231 e. The normalized spacial score (nSPS) is 11.3. The van der Waals surface area contributed by atoms with E-state index in [1.165, 1.54) is 4.88 Å². The van der Waals surface area contributed by atoms with Crippen molar-refractivity contribution in [2.75, 3.05) is 0 Å². The summed E-state index contributed by atoms with van der Waals surface area (Å²) in [6.07, 6.45) is 0.876. The highest BCUT2D eigenvalue weighted by molar-refractivity contribution is 9.11. The van der Waals surface area contributed by atoms with Crippen LogP contribution >= 0.6 is 54.8 Å². The maximum absolute atomic E-state index is 6.19. The van der Waals surface area contributed by atoms with Gasteiger partial charge in [0, 0.05) is 9.35 Å². The lowest BCUT2D eigenvalue weighted by atomic mass is 10.1. The SMILES string of the molecule is Cc1sc(-c2nc(Cl)c(Br)c(CC(C)C)n2)cc1Br. The molecule has 2 aromatic rings. The van der Waals surface area contributed by atoms with E-state index in [9.17, 15) is 0 Å². The third kappa shape index (κ3) is 3.57. The number of halogens is 3. The van der Waals surface area contributed by atoms with Gasteiger partial charge < -0.3 is 0 Å². The van der Waals surface area contributed by atoms with Crippen molar-refractivity contribution < 1.29 is 0 Å². The van der Waals surface area contributed by atoms with Crippen molar-refractivity contribution in [2.24, 2.45) is 5.92 Å². The number of nitrogens with zero attached hydrogens (tertiary/aromatic N) is 2. The van der Waals surface area contributed by atoms with Crippen LogP contribution in [0.3, 0.4) is 0 Å². The van der Waals surface area contributed by atoms with E-state index >= 15 is 0 Å². The molecule has 0 N–H and O–H groups in total. The van der Waals surface area contributed by atoms with Gasteiger partial charge in [0.25, 0.3) is 0 Å². The van der Waals surface area contributed by atoms with Crippen LogP contribution in [-0.4, -0.2) is 9.97 Å². The van der Waals surface area contributed by atoms with Crippen LogP contribution in [0.4, 0.5) is 0 Å². The molecule has 0 bridgehead atoms. The summed E-state index contributed by atoms with van der Waals surface area (Å²) in [6.45, 7) is 6.38. The molecule has 2 aromatic heterocycles. The number of rotatable bonds is 3. The van der Waals surface area contributed by atoms with Gasteiger partial charge in [-0.2, -0.15) is 0 Å². The second-order valence-corrected chi connectivity index (χ2v) is 7.97. The van der Waals surface area contributed by atoms with Crippen LogP contribution < -0.4 is 0 Å². The Bertz CT molecular complexity index is 591. The molecule has 0 saturated carbocycles. The van der Waals surface area contributed by atoms with Gasteiger partial charge in [-0.25, -0.2) is 9.97 Å². The Labute approximate surface area is 138 Å². The molecule has 2 rings (SSSR count). The minimum atomic E-state index is 0.475. The molecule has 0 unspecified atom stereocenters. The Balaban J connectivity index is 2.49. The first kappa shape index (κ1) is 15.4. The molecule has 0 fully saturated rings. The molecule has 0 aliphatic rings. The number of hydrogen-bond donors (Lipinski definition) is 0. The molecule has 102 valence electrons. The molecule has 0 aromatic carbocycles. The zero-order valence-corrected chi connectivity index (χ0v) is 15.5. The van der Waals surface area contributed by atoms with Crippen LogP contribution in [0.15, 0.2) is 15.0 Å². The number of aryl methyl sites for hydroxylation is 1. The average molecular weight is 425 g/mol. The van der Waals surface area contributed by atoms with Crippen molar-refractivity contribution in [3.8, 4) is 10.7 Å². The maximum atomic E-state index is 6.19. The van der Waals surface area contributed by atoms with Crippen molar-refractivity contribution in [2.45, 2.75) is 27.2 Å². The topological polar surface area (TPSA) is 25.8 Å². The van der Waals surface area contributed by atoms with Gasteiger partial charge in [0.15, 0.2) is 5.82 Å². The van der Waals surface area contributed by atoms with E-state index < -0.39 is 0 Å². The molecule has 2 heterocycles. The van der Waals surface area contributed by atoms with E-state index in [0.29, 0.717) is 16.9 Å². The first-order valence-corrected chi connectivity index (χ1v) is 8.64. The fourth-order valence-corrected chi connectivity index (χ4v) is 3.66. The number of hydrogen-bond acceptors (Lipinski definition) is 3. The highest BCUT2D eigenvalue weighted by Gasteiger charge is 2.15. The highest BCUT2D eigenvalue weighted by Crippen LogP contribution is 2.35. The van der Waals surface area contributed by atoms with Gasteiger partial charge in [0.2, 0.25) is 0 Å². The lowest BCUT2D eigenvalue weighted by Gasteiger charge is -2.09. The second kappa shape index (κ2) is 6.20. The number of aromatic nitrogens is 2. The third-order valence-electron chi connectivity index (χ3n) is 2.56. The summed E-state index contributed by atoms with van der Waals surface area (Å²) in [6, 6.07) is 2.04. The molecule has 0 atom stereocenters. The van der Waals surface area contributed by atoms with E-state index in [-0.39, 0.29) is 0 Å². The first-order chi connectivity index (χ1) is 8.88. The van der Waals surface area contributed by atoms with Crippen LogP contribution in [0.2, 0.25) is 5.15 Å². The summed E-state index contributed by atoms with van der Waals surface area (Å²) in [5.41, 5.74) is 0.965. The van der Waals surface area contributed by atoms with Gasteiger partial charge in [-0.15, -0.1) is 11.3 Å². The van der Waals surface area contributed by atoms with E-state index in [4.69, 9.17) is 11.6 Å². The van der Waals surface area contributed by atoms with Gasteiger partial charge in [-0.05, 0) is 57.2 Å². The van der Waals surface area contributed by atoms with Crippen LogP contribution in [0.25, 0.3) is 10.7 Å². The van der Waals surface area contributed by atoms with Gasteiger partial charge in [0.1, 0.15) is 5.15 Å².